The Kier molecular flexibility index (Phi) is 4.72. The van der Waals surface area contributed by atoms with Gasteiger partial charge in [-0.05, 0) is 48.4 Å². The zero-order valence-corrected chi connectivity index (χ0v) is 13.9. The van der Waals surface area contributed by atoms with Crippen LogP contribution in [-0.2, 0) is 5.60 Å². The van der Waals surface area contributed by atoms with Crippen LogP contribution < -0.4 is 5.32 Å². The van der Waals surface area contributed by atoms with Gasteiger partial charge in [-0.2, -0.15) is 0 Å². The molecule has 0 radical (unpaired) electrons. The molecule has 1 saturated heterocycles. The second-order valence-electron chi connectivity index (χ2n) is 6.47. The van der Waals surface area contributed by atoms with Gasteiger partial charge in [0.1, 0.15) is 11.6 Å². The normalized spacial score (nSPS) is 23.4. The van der Waals surface area contributed by atoms with Crippen molar-refractivity contribution >= 4 is 11.7 Å². The molecule has 25 heavy (non-hydrogen) atoms. The molecular formula is C19H20F2N2O2. The lowest BCUT2D eigenvalue weighted by Crippen LogP contribution is -2.51. The first-order valence-electron chi connectivity index (χ1n) is 8.18. The second-order valence-corrected chi connectivity index (χ2v) is 6.47. The van der Waals surface area contributed by atoms with E-state index in [1.54, 1.807) is 17.0 Å². The van der Waals surface area contributed by atoms with E-state index in [2.05, 4.69) is 5.32 Å². The summed E-state index contributed by atoms with van der Waals surface area (Å²) in [7, 11) is 0. The monoisotopic (exact) mass is 346 g/mol. The van der Waals surface area contributed by atoms with Crippen molar-refractivity contribution in [3.63, 3.8) is 0 Å². The van der Waals surface area contributed by atoms with Gasteiger partial charge in [0, 0.05) is 24.7 Å². The number of carbonyl (C=O) groups excluding carboxylic acids is 1. The number of carbonyl (C=O) groups is 1. The third-order valence-electron chi connectivity index (χ3n) is 4.80. The molecule has 2 amide bonds. The van der Waals surface area contributed by atoms with Crippen LogP contribution in [0.2, 0.25) is 0 Å². The molecule has 2 atom stereocenters. The Hall–Kier alpha value is -2.47. The lowest BCUT2D eigenvalue weighted by molar-refractivity contribution is -0.0610. The number of nitrogens with one attached hydrogen (secondary N) is 1. The smallest absolute Gasteiger partial charge is 0.321 e. The fraction of sp³-hybridized carbons (Fsp3) is 0.316. The van der Waals surface area contributed by atoms with E-state index in [1.165, 1.54) is 36.4 Å². The van der Waals surface area contributed by atoms with Crippen molar-refractivity contribution in [1.29, 1.82) is 0 Å². The SMILES string of the molecule is CC1CN(C(=O)Nc2ccc(F)cc2)CCC1(O)c1ccc(F)cc1. The number of halogens is 2. The molecule has 2 unspecified atom stereocenters. The largest absolute Gasteiger partial charge is 0.385 e. The average Bonchev–Trinajstić information content (AvgIpc) is 2.60. The molecule has 1 heterocycles. The summed E-state index contributed by atoms with van der Waals surface area (Å²) in [5, 5.41) is 13.7. The van der Waals surface area contributed by atoms with Crippen LogP contribution in [0.4, 0.5) is 19.3 Å². The van der Waals surface area contributed by atoms with Crippen LogP contribution >= 0.6 is 0 Å². The van der Waals surface area contributed by atoms with Gasteiger partial charge >= 0.3 is 6.03 Å². The number of likely N-dealkylation sites (tertiary alicyclic amines) is 1. The Morgan fingerprint density at radius 3 is 2.24 bits per heavy atom. The Labute approximate surface area is 145 Å². The number of benzene rings is 2. The third kappa shape index (κ3) is 3.64. The van der Waals surface area contributed by atoms with Crippen LogP contribution in [0.1, 0.15) is 18.9 Å². The molecule has 3 rings (SSSR count). The van der Waals surface area contributed by atoms with Crippen LogP contribution in [0.25, 0.3) is 0 Å². The first kappa shape index (κ1) is 17.4. The molecule has 1 fully saturated rings. The minimum Gasteiger partial charge on any atom is -0.385 e. The molecule has 0 bridgehead atoms. The third-order valence-corrected chi connectivity index (χ3v) is 4.80. The van der Waals surface area contributed by atoms with E-state index in [0.717, 1.165) is 0 Å². The highest BCUT2D eigenvalue weighted by Crippen LogP contribution is 2.37. The number of hydrogen-bond acceptors (Lipinski definition) is 2. The summed E-state index contributed by atoms with van der Waals surface area (Å²) in [4.78, 5) is 14.0. The molecule has 6 heteroatoms. The number of piperidine rings is 1. The minimum atomic E-state index is -1.10. The standard InChI is InChI=1S/C19H20F2N2O2/c1-13-12-23(18(24)22-17-8-6-16(21)7-9-17)11-10-19(13,25)14-2-4-15(20)5-3-14/h2-9,13,25H,10-12H2,1H3,(H,22,24). The van der Waals surface area contributed by atoms with Gasteiger partial charge in [0.2, 0.25) is 0 Å². The fourth-order valence-corrected chi connectivity index (χ4v) is 3.21. The molecule has 0 aliphatic carbocycles. The molecule has 0 saturated carbocycles. The van der Waals surface area contributed by atoms with Gasteiger partial charge < -0.3 is 15.3 Å². The Bertz CT molecular complexity index is 749. The van der Waals surface area contributed by atoms with E-state index < -0.39 is 5.60 Å². The van der Waals surface area contributed by atoms with Gasteiger partial charge in [-0.25, -0.2) is 13.6 Å². The fourth-order valence-electron chi connectivity index (χ4n) is 3.21. The number of rotatable bonds is 2. The van der Waals surface area contributed by atoms with Gasteiger partial charge in [0.15, 0.2) is 0 Å². The quantitative estimate of drug-likeness (QED) is 0.871. The van der Waals surface area contributed by atoms with Gasteiger partial charge in [-0.1, -0.05) is 19.1 Å². The number of aliphatic hydroxyl groups is 1. The average molecular weight is 346 g/mol. The lowest BCUT2D eigenvalue weighted by atomic mass is 9.77. The van der Waals surface area contributed by atoms with Crippen LogP contribution in [0, 0.1) is 17.6 Å². The predicted octanol–water partition coefficient (Wildman–Crippen LogP) is 3.73. The van der Waals surface area contributed by atoms with E-state index in [9.17, 15) is 18.7 Å². The number of hydrogen-bond donors (Lipinski definition) is 2. The van der Waals surface area contributed by atoms with Gasteiger partial charge in [-0.15, -0.1) is 0 Å². The summed E-state index contributed by atoms with van der Waals surface area (Å²) in [5.41, 5.74) is 0.0683. The highest BCUT2D eigenvalue weighted by molar-refractivity contribution is 5.89. The lowest BCUT2D eigenvalue weighted by Gasteiger charge is -2.43. The molecule has 1 aliphatic heterocycles. The molecule has 0 spiro atoms. The molecule has 0 aromatic heterocycles. The molecule has 4 nitrogen and oxygen atoms in total. The Morgan fingerprint density at radius 2 is 1.68 bits per heavy atom. The number of anilines is 1. The summed E-state index contributed by atoms with van der Waals surface area (Å²) in [6.45, 7) is 2.59. The number of urea groups is 1. The first-order chi connectivity index (χ1) is 11.9. The predicted molar refractivity (Wildman–Crippen MR) is 91.1 cm³/mol. The van der Waals surface area contributed by atoms with E-state index in [1.807, 2.05) is 6.92 Å². The van der Waals surface area contributed by atoms with Crippen molar-refractivity contribution in [3.8, 4) is 0 Å². The van der Waals surface area contributed by atoms with E-state index in [4.69, 9.17) is 0 Å². The van der Waals surface area contributed by atoms with Gasteiger partial charge in [-0.3, -0.25) is 0 Å². The van der Waals surface area contributed by atoms with Crippen LogP contribution in [0.3, 0.4) is 0 Å². The van der Waals surface area contributed by atoms with Gasteiger partial charge in [0.25, 0.3) is 0 Å². The van der Waals surface area contributed by atoms with Crippen LogP contribution in [0.5, 0.6) is 0 Å². The maximum Gasteiger partial charge on any atom is 0.321 e. The summed E-state index contributed by atoms with van der Waals surface area (Å²) in [5.74, 6) is -0.934. The molecule has 2 aromatic carbocycles. The second kappa shape index (κ2) is 6.80. The first-order valence-corrected chi connectivity index (χ1v) is 8.18. The highest BCUT2D eigenvalue weighted by atomic mass is 19.1. The van der Waals surface area contributed by atoms with E-state index in [-0.39, 0.29) is 23.6 Å². The zero-order valence-electron chi connectivity index (χ0n) is 13.9. The van der Waals surface area contributed by atoms with Crippen LogP contribution in [-0.4, -0.2) is 29.1 Å². The molecule has 2 N–H and O–H groups in total. The molecule has 1 aliphatic rings. The van der Waals surface area contributed by atoms with Crippen molar-refractivity contribution in [2.45, 2.75) is 18.9 Å². The number of nitrogens with zero attached hydrogens (tertiary/aromatic N) is 1. The van der Waals surface area contributed by atoms with Gasteiger partial charge in [0.05, 0.1) is 5.60 Å². The summed E-state index contributed by atoms with van der Waals surface area (Å²) >= 11 is 0. The van der Waals surface area contributed by atoms with Crippen molar-refractivity contribution in [2.75, 3.05) is 18.4 Å². The van der Waals surface area contributed by atoms with E-state index in [0.29, 0.717) is 30.8 Å². The van der Waals surface area contributed by atoms with E-state index >= 15 is 0 Å². The maximum absolute atomic E-state index is 13.1. The zero-order chi connectivity index (χ0) is 18.0. The molecule has 2 aromatic rings. The van der Waals surface area contributed by atoms with Crippen molar-refractivity contribution in [2.24, 2.45) is 5.92 Å². The maximum atomic E-state index is 13.1. The Morgan fingerprint density at radius 1 is 1.12 bits per heavy atom. The summed E-state index contributed by atoms with van der Waals surface area (Å²) in [6, 6.07) is 11.1. The molecular weight excluding hydrogens is 326 g/mol. The van der Waals surface area contributed by atoms with Crippen molar-refractivity contribution in [1.82, 2.24) is 4.90 Å². The van der Waals surface area contributed by atoms with Crippen molar-refractivity contribution in [3.05, 3.63) is 65.7 Å². The number of amides is 2. The van der Waals surface area contributed by atoms with Crippen molar-refractivity contribution < 1.29 is 18.7 Å². The topological polar surface area (TPSA) is 52.6 Å². The molecule has 132 valence electrons. The summed E-state index contributed by atoms with van der Waals surface area (Å²) in [6.07, 6.45) is 0.358. The van der Waals surface area contributed by atoms with Crippen LogP contribution in [0.15, 0.2) is 48.5 Å². The minimum absolute atomic E-state index is 0.217. The highest BCUT2D eigenvalue weighted by Gasteiger charge is 2.41. The Balaban J connectivity index is 1.67. The summed E-state index contributed by atoms with van der Waals surface area (Å²) < 4.78 is 26.0.